The summed E-state index contributed by atoms with van der Waals surface area (Å²) in [6.45, 7) is 1.98. The van der Waals surface area contributed by atoms with Gasteiger partial charge in [-0.05, 0) is 47.8 Å². The maximum absolute atomic E-state index is 8.99. The highest BCUT2D eigenvalue weighted by molar-refractivity contribution is 9.10. The van der Waals surface area contributed by atoms with E-state index in [4.69, 9.17) is 5.26 Å². The standard InChI is InChI=1S/C12H15BrN4/c13-10-6-9(7-14)12(17-8-10)16-5-3-11-2-1-4-15-11/h6,8,11,15H,1-5H2,(H,16,17)/t11-/m1/s1. The van der Waals surface area contributed by atoms with Gasteiger partial charge in [0, 0.05) is 23.3 Å². The van der Waals surface area contributed by atoms with Crippen molar-refractivity contribution in [2.45, 2.75) is 25.3 Å². The van der Waals surface area contributed by atoms with E-state index < -0.39 is 0 Å². The third-order valence-corrected chi connectivity index (χ3v) is 3.36. The fourth-order valence-corrected chi connectivity index (χ4v) is 2.36. The number of nitriles is 1. The molecule has 5 heteroatoms. The van der Waals surface area contributed by atoms with Crippen LogP contribution in [0.25, 0.3) is 0 Å². The van der Waals surface area contributed by atoms with Crippen LogP contribution in [0.5, 0.6) is 0 Å². The second kappa shape index (κ2) is 5.99. The first-order chi connectivity index (χ1) is 8.29. The Labute approximate surface area is 110 Å². The predicted molar refractivity (Wildman–Crippen MR) is 70.8 cm³/mol. The molecule has 17 heavy (non-hydrogen) atoms. The second-order valence-corrected chi connectivity index (χ2v) is 5.09. The SMILES string of the molecule is N#Cc1cc(Br)cnc1NCC[C@H]1CCCN1. The van der Waals surface area contributed by atoms with E-state index in [1.807, 2.05) is 0 Å². The molecule has 0 aromatic carbocycles. The quantitative estimate of drug-likeness (QED) is 0.894. The molecular formula is C12H15BrN4. The average molecular weight is 295 g/mol. The maximum atomic E-state index is 8.99. The van der Waals surface area contributed by atoms with Crippen LogP contribution in [-0.2, 0) is 0 Å². The number of rotatable bonds is 4. The Morgan fingerprint density at radius 3 is 3.24 bits per heavy atom. The Morgan fingerprint density at radius 2 is 2.53 bits per heavy atom. The highest BCUT2D eigenvalue weighted by Gasteiger charge is 2.13. The fraction of sp³-hybridized carbons (Fsp3) is 0.500. The molecule has 0 radical (unpaired) electrons. The van der Waals surface area contributed by atoms with Crippen molar-refractivity contribution in [3.8, 4) is 6.07 Å². The van der Waals surface area contributed by atoms with Crippen LogP contribution in [0.3, 0.4) is 0 Å². The van der Waals surface area contributed by atoms with Crippen LogP contribution in [0, 0.1) is 11.3 Å². The van der Waals surface area contributed by atoms with Gasteiger partial charge in [-0.1, -0.05) is 0 Å². The number of aromatic nitrogens is 1. The van der Waals surface area contributed by atoms with E-state index in [1.165, 1.54) is 12.8 Å². The number of hydrogen-bond donors (Lipinski definition) is 2. The van der Waals surface area contributed by atoms with Gasteiger partial charge in [0.05, 0.1) is 5.56 Å². The number of hydrogen-bond acceptors (Lipinski definition) is 4. The van der Waals surface area contributed by atoms with E-state index in [-0.39, 0.29) is 0 Å². The lowest BCUT2D eigenvalue weighted by atomic mass is 10.1. The van der Waals surface area contributed by atoms with Crippen LogP contribution >= 0.6 is 15.9 Å². The first-order valence-electron chi connectivity index (χ1n) is 5.82. The van der Waals surface area contributed by atoms with Gasteiger partial charge in [-0.15, -0.1) is 0 Å². The molecule has 0 aliphatic carbocycles. The van der Waals surface area contributed by atoms with Crippen LogP contribution in [0.2, 0.25) is 0 Å². The summed E-state index contributed by atoms with van der Waals surface area (Å²) in [6.07, 6.45) is 5.30. The molecule has 1 aromatic heterocycles. The molecule has 0 spiro atoms. The Kier molecular flexibility index (Phi) is 4.35. The lowest BCUT2D eigenvalue weighted by Gasteiger charge is -2.11. The summed E-state index contributed by atoms with van der Waals surface area (Å²) in [4.78, 5) is 4.21. The zero-order valence-corrected chi connectivity index (χ0v) is 11.1. The van der Waals surface area contributed by atoms with Crippen molar-refractivity contribution in [2.24, 2.45) is 0 Å². The molecule has 0 saturated carbocycles. The summed E-state index contributed by atoms with van der Waals surface area (Å²) in [6, 6.07) is 4.54. The van der Waals surface area contributed by atoms with E-state index in [2.05, 4.69) is 37.6 Å². The van der Waals surface area contributed by atoms with E-state index in [9.17, 15) is 0 Å². The number of pyridine rings is 1. The average Bonchev–Trinajstić information content (AvgIpc) is 2.84. The molecule has 4 nitrogen and oxygen atoms in total. The minimum atomic E-state index is 0.582. The molecule has 1 aromatic rings. The molecule has 0 bridgehead atoms. The third kappa shape index (κ3) is 3.42. The van der Waals surface area contributed by atoms with E-state index in [0.29, 0.717) is 17.4 Å². The summed E-state index contributed by atoms with van der Waals surface area (Å²) in [5.74, 6) is 0.675. The van der Waals surface area contributed by atoms with Crippen LogP contribution in [0.1, 0.15) is 24.8 Å². The Bertz CT molecular complexity index is 421. The van der Waals surface area contributed by atoms with Crippen LogP contribution < -0.4 is 10.6 Å². The monoisotopic (exact) mass is 294 g/mol. The van der Waals surface area contributed by atoms with Crippen molar-refractivity contribution in [3.63, 3.8) is 0 Å². The smallest absolute Gasteiger partial charge is 0.143 e. The molecule has 1 atom stereocenters. The molecule has 1 saturated heterocycles. The molecule has 90 valence electrons. The van der Waals surface area contributed by atoms with Gasteiger partial charge in [0.25, 0.3) is 0 Å². The van der Waals surface area contributed by atoms with Crippen molar-refractivity contribution >= 4 is 21.7 Å². The summed E-state index contributed by atoms with van der Waals surface area (Å²) in [5, 5.41) is 15.7. The molecule has 1 fully saturated rings. The lowest BCUT2D eigenvalue weighted by Crippen LogP contribution is -2.24. The van der Waals surface area contributed by atoms with Crippen LogP contribution in [-0.4, -0.2) is 24.1 Å². The van der Waals surface area contributed by atoms with E-state index >= 15 is 0 Å². The summed E-state index contributed by atoms with van der Waals surface area (Å²) in [7, 11) is 0. The second-order valence-electron chi connectivity index (χ2n) is 4.17. The number of halogens is 1. The lowest BCUT2D eigenvalue weighted by molar-refractivity contribution is 0.574. The largest absolute Gasteiger partial charge is 0.369 e. The molecule has 2 rings (SSSR count). The molecule has 2 heterocycles. The van der Waals surface area contributed by atoms with Crippen molar-refractivity contribution < 1.29 is 0 Å². The molecule has 1 aliphatic heterocycles. The number of nitrogens with one attached hydrogen (secondary N) is 2. The van der Waals surface area contributed by atoms with Gasteiger partial charge in [0.15, 0.2) is 0 Å². The fourth-order valence-electron chi connectivity index (χ4n) is 2.03. The van der Waals surface area contributed by atoms with Crippen molar-refractivity contribution in [2.75, 3.05) is 18.4 Å². The van der Waals surface area contributed by atoms with Crippen molar-refractivity contribution in [1.82, 2.24) is 10.3 Å². The minimum Gasteiger partial charge on any atom is -0.369 e. The predicted octanol–water partition coefficient (Wildman–Crippen LogP) is 2.27. The molecule has 0 unspecified atom stereocenters. The van der Waals surface area contributed by atoms with Crippen molar-refractivity contribution in [3.05, 3.63) is 22.3 Å². The van der Waals surface area contributed by atoms with Crippen LogP contribution in [0.15, 0.2) is 16.7 Å². The topological polar surface area (TPSA) is 60.7 Å². The summed E-state index contributed by atoms with van der Waals surface area (Å²) >= 11 is 3.31. The Morgan fingerprint density at radius 1 is 1.65 bits per heavy atom. The van der Waals surface area contributed by atoms with Gasteiger partial charge in [0.2, 0.25) is 0 Å². The highest BCUT2D eigenvalue weighted by Crippen LogP contribution is 2.17. The number of nitrogens with zero attached hydrogens (tertiary/aromatic N) is 2. The van der Waals surface area contributed by atoms with Gasteiger partial charge < -0.3 is 10.6 Å². The summed E-state index contributed by atoms with van der Waals surface area (Å²) < 4.78 is 0.831. The van der Waals surface area contributed by atoms with Gasteiger partial charge in [-0.3, -0.25) is 0 Å². The van der Waals surface area contributed by atoms with Crippen LogP contribution in [0.4, 0.5) is 5.82 Å². The van der Waals surface area contributed by atoms with E-state index in [1.54, 1.807) is 12.3 Å². The summed E-state index contributed by atoms with van der Waals surface area (Å²) in [5.41, 5.74) is 0.582. The molecule has 0 amide bonds. The Hall–Kier alpha value is -1.12. The Balaban J connectivity index is 1.88. The minimum absolute atomic E-state index is 0.582. The van der Waals surface area contributed by atoms with E-state index in [0.717, 1.165) is 24.0 Å². The molecule has 2 N–H and O–H groups in total. The van der Waals surface area contributed by atoms with Gasteiger partial charge in [0.1, 0.15) is 11.9 Å². The maximum Gasteiger partial charge on any atom is 0.143 e. The van der Waals surface area contributed by atoms with Gasteiger partial charge >= 0.3 is 0 Å². The van der Waals surface area contributed by atoms with Gasteiger partial charge in [-0.2, -0.15) is 5.26 Å². The molecular weight excluding hydrogens is 280 g/mol. The highest BCUT2D eigenvalue weighted by atomic mass is 79.9. The first kappa shape index (κ1) is 12.3. The van der Waals surface area contributed by atoms with Crippen molar-refractivity contribution in [1.29, 1.82) is 5.26 Å². The first-order valence-corrected chi connectivity index (χ1v) is 6.62. The zero-order valence-electron chi connectivity index (χ0n) is 9.54. The third-order valence-electron chi connectivity index (χ3n) is 2.92. The molecule has 1 aliphatic rings. The normalized spacial score (nSPS) is 18.9. The zero-order chi connectivity index (χ0) is 12.1. The van der Waals surface area contributed by atoms with Gasteiger partial charge in [-0.25, -0.2) is 4.98 Å². The number of anilines is 1.